The van der Waals surface area contributed by atoms with E-state index >= 15 is 0 Å². The van der Waals surface area contributed by atoms with E-state index in [4.69, 9.17) is 5.11 Å². The summed E-state index contributed by atoms with van der Waals surface area (Å²) in [6.07, 6.45) is 1.17. The summed E-state index contributed by atoms with van der Waals surface area (Å²) in [5, 5.41) is 7.78. The van der Waals surface area contributed by atoms with Gasteiger partial charge in [-0.05, 0) is 12.1 Å². The number of hydrogen-bond acceptors (Lipinski definition) is 6. The summed E-state index contributed by atoms with van der Waals surface area (Å²) < 4.78 is 46.5. The highest BCUT2D eigenvalue weighted by Crippen LogP contribution is 2.04. The van der Waals surface area contributed by atoms with Crippen LogP contribution in [0.5, 0.6) is 0 Å². The second-order valence-electron chi connectivity index (χ2n) is 2.91. The fraction of sp³-hybridized carbons (Fsp3) is 0.143. The lowest BCUT2D eigenvalue weighted by Crippen LogP contribution is -2.35. The van der Waals surface area contributed by atoms with Gasteiger partial charge >= 0.3 is 5.97 Å². The summed E-state index contributed by atoms with van der Waals surface area (Å²) in [6.45, 7) is 0. The predicted molar refractivity (Wildman–Crippen MR) is 56.0 cm³/mol. The van der Waals surface area contributed by atoms with Crippen molar-refractivity contribution in [3.63, 3.8) is 0 Å². The number of carboxylic acid groups (broad SMARTS) is 1. The van der Waals surface area contributed by atoms with Crippen LogP contribution in [0.4, 0.5) is 0 Å². The number of aliphatic carboxylic acids is 1. The van der Waals surface area contributed by atoms with Crippen LogP contribution < -0.4 is 4.13 Å². The van der Waals surface area contributed by atoms with Gasteiger partial charge in [0.25, 0.3) is 10.0 Å². The van der Waals surface area contributed by atoms with Crippen molar-refractivity contribution >= 4 is 26.0 Å². The molecule has 0 spiro atoms. The molecule has 1 heterocycles. The summed E-state index contributed by atoms with van der Waals surface area (Å²) in [5.41, 5.74) is 0. The molecule has 8 nitrogen and oxygen atoms in total. The molecule has 0 aliphatic rings. The Labute approximate surface area is 97.4 Å². The van der Waals surface area contributed by atoms with Gasteiger partial charge in [0.05, 0.1) is 0 Å². The van der Waals surface area contributed by atoms with E-state index in [1.807, 2.05) is 0 Å². The van der Waals surface area contributed by atoms with Crippen molar-refractivity contribution in [3.8, 4) is 0 Å². The molecule has 1 aromatic rings. The average molecular weight is 280 g/mol. The molecule has 0 saturated heterocycles. The van der Waals surface area contributed by atoms with Gasteiger partial charge in [-0.2, -0.15) is 0 Å². The molecule has 2 N–H and O–H groups in total. The van der Waals surface area contributed by atoms with Crippen molar-refractivity contribution < 1.29 is 26.7 Å². The van der Waals surface area contributed by atoms with E-state index in [0.29, 0.717) is 0 Å². The van der Waals surface area contributed by atoms with Crippen molar-refractivity contribution in [1.82, 2.24) is 9.11 Å². The first-order chi connectivity index (χ1) is 7.73. The van der Waals surface area contributed by atoms with Gasteiger partial charge in [0.15, 0.2) is 10.8 Å². The Bertz CT molecular complexity index is 607. The molecule has 1 aromatic heterocycles. The molecule has 0 bridgehead atoms. The van der Waals surface area contributed by atoms with E-state index in [1.165, 1.54) is 22.5 Å². The standard InChI is InChI=1S/C7H8N2O6S2/c10-7(11)5-16(12,13)9-17(14,15)6-3-1-2-4-8-6/h1-4,9H,5H2,(H,10,11). The van der Waals surface area contributed by atoms with Crippen LogP contribution in [0, 0.1) is 0 Å². The van der Waals surface area contributed by atoms with Gasteiger partial charge in [-0.3, -0.25) is 4.79 Å². The van der Waals surface area contributed by atoms with Crippen LogP contribution in [-0.4, -0.2) is 38.6 Å². The number of carboxylic acids is 1. The van der Waals surface area contributed by atoms with Crippen LogP contribution in [0.1, 0.15) is 0 Å². The maximum Gasteiger partial charge on any atom is 0.320 e. The van der Waals surface area contributed by atoms with Crippen LogP contribution in [-0.2, 0) is 24.8 Å². The molecule has 0 atom stereocenters. The minimum atomic E-state index is -4.46. The summed E-state index contributed by atoms with van der Waals surface area (Å²) in [6, 6.07) is 3.88. The van der Waals surface area contributed by atoms with Crippen molar-refractivity contribution in [2.45, 2.75) is 5.03 Å². The number of sulfonamides is 2. The minimum Gasteiger partial charge on any atom is -0.480 e. The lowest BCUT2D eigenvalue weighted by molar-refractivity contribution is -0.134. The number of carbonyl (C=O) groups is 1. The molecule has 94 valence electrons. The molecule has 0 radical (unpaired) electrons. The van der Waals surface area contributed by atoms with Gasteiger partial charge in [-0.1, -0.05) is 6.07 Å². The molecule has 0 unspecified atom stereocenters. The third-order valence-corrected chi connectivity index (χ3v) is 4.78. The van der Waals surface area contributed by atoms with Crippen LogP contribution in [0.2, 0.25) is 0 Å². The Balaban J connectivity index is 3.00. The molecule has 0 fully saturated rings. The smallest absolute Gasteiger partial charge is 0.320 e. The van der Waals surface area contributed by atoms with E-state index in [9.17, 15) is 21.6 Å². The Hall–Kier alpha value is -1.52. The van der Waals surface area contributed by atoms with E-state index < -0.39 is 36.8 Å². The Morgan fingerprint density at radius 1 is 1.29 bits per heavy atom. The number of nitrogens with one attached hydrogen (secondary N) is 1. The number of pyridine rings is 1. The van der Waals surface area contributed by atoms with Gasteiger partial charge in [0.1, 0.15) is 0 Å². The molecule has 1 rings (SSSR count). The van der Waals surface area contributed by atoms with Crippen molar-refractivity contribution in [2.24, 2.45) is 0 Å². The molecule has 17 heavy (non-hydrogen) atoms. The second-order valence-corrected chi connectivity index (χ2v) is 6.52. The van der Waals surface area contributed by atoms with Crippen LogP contribution in [0.25, 0.3) is 0 Å². The Morgan fingerprint density at radius 3 is 2.41 bits per heavy atom. The van der Waals surface area contributed by atoms with Gasteiger partial charge in [-0.25, -0.2) is 21.8 Å². The van der Waals surface area contributed by atoms with Crippen molar-refractivity contribution in [1.29, 1.82) is 0 Å². The van der Waals surface area contributed by atoms with Gasteiger partial charge in [0, 0.05) is 6.20 Å². The van der Waals surface area contributed by atoms with Gasteiger partial charge in [-0.15, -0.1) is 4.13 Å². The Morgan fingerprint density at radius 2 is 1.94 bits per heavy atom. The van der Waals surface area contributed by atoms with E-state index in [2.05, 4.69) is 4.98 Å². The summed E-state index contributed by atoms with van der Waals surface area (Å²) in [7, 11) is -8.84. The van der Waals surface area contributed by atoms with Crippen molar-refractivity contribution in [2.75, 3.05) is 5.75 Å². The largest absolute Gasteiger partial charge is 0.480 e. The normalized spacial score (nSPS) is 12.2. The molecular weight excluding hydrogens is 272 g/mol. The van der Waals surface area contributed by atoms with Gasteiger partial charge in [0.2, 0.25) is 10.0 Å². The molecule has 0 amide bonds. The third-order valence-electron chi connectivity index (χ3n) is 1.46. The fourth-order valence-electron chi connectivity index (χ4n) is 0.908. The first-order valence-corrected chi connectivity index (χ1v) is 7.25. The van der Waals surface area contributed by atoms with E-state index in [-0.39, 0.29) is 0 Å². The third kappa shape index (κ3) is 4.09. The van der Waals surface area contributed by atoms with Gasteiger partial charge < -0.3 is 5.11 Å². The zero-order valence-electron chi connectivity index (χ0n) is 8.27. The summed E-state index contributed by atoms with van der Waals surface area (Å²) >= 11 is 0. The molecule has 0 saturated carbocycles. The lowest BCUT2D eigenvalue weighted by atomic mass is 10.5. The first kappa shape index (κ1) is 13.5. The van der Waals surface area contributed by atoms with E-state index in [0.717, 1.165) is 6.07 Å². The lowest BCUT2D eigenvalue weighted by Gasteiger charge is -2.04. The zero-order valence-corrected chi connectivity index (χ0v) is 9.90. The van der Waals surface area contributed by atoms with Crippen LogP contribution in [0.3, 0.4) is 0 Å². The van der Waals surface area contributed by atoms with E-state index in [1.54, 1.807) is 0 Å². The summed E-state index contributed by atoms with van der Waals surface area (Å²) in [5.74, 6) is -2.99. The quantitative estimate of drug-likeness (QED) is 0.690. The second kappa shape index (κ2) is 4.77. The fourth-order valence-corrected chi connectivity index (χ4v) is 3.60. The number of hydrogen-bond donors (Lipinski definition) is 2. The maximum absolute atomic E-state index is 11.5. The Kier molecular flexibility index (Phi) is 3.80. The van der Waals surface area contributed by atoms with Crippen LogP contribution in [0.15, 0.2) is 29.4 Å². The average Bonchev–Trinajstić information content (AvgIpc) is 2.15. The SMILES string of the molecule is O=C(O)CS(=O)(=O)NS(=O)(=O)c1ccccn1. The highest BCUT2D eigenvalue weighted by atomic mass is 32.3. The molecule has 0 aliphatic carbocycles. The molecule has 0 aromatic carbocycles. The first-order valence-electron chi connectivity index (χ1n) is 4.12. The van der Waals surface area contributed by atoms with Crippen LogP contribution >= 0.6 is 0 Å². The maximum atomic E-state index is 11.5. The number of nitrogens with zero attached hydrogens (tertiary/aromatic N) is 1. The number of rotatable bonds is 5. The molecule has 0 aliphatic heterocycles. The molecule has 10 heteroatoms. The predicted octanol–water partition coefficient (Wildman–Crippen LogP) is -1.23. The van der Waals surface area contributed by atoms with Crippen molar-refractivity contribution in [3.05, 3.63) is 24.4 Å². The summed E-state index contributed by atoms with van der Waals surface area (Å²) in [4.78, 5) is 13.7. The number of aromatic nitrogens is 1. The molecular formula is C7H8N2O6S2. The highest BCUT2D eigenvalue weighted by molar-refractivity contribution is 8.05. The highest BCUT2D eigenvalue weighted by Gasteiger charge is 2.25. The topological polar surface area (TPSA) is 130 Å². The monoisotopic (exact) mass is 280 g/mol. The minimum absolute atomic E-state index is 0.506. The zero-order chi connectivity index (χ0) is 13.1.